The van der Waals surface area contributed by atoms with Gasteiger partial charge in [-0.05, 0) is 43.0 Å². The first-order valence-corrected chi connectivity index (χ1v) is 10.2. The van der Waals surface area contributed by atoms with Crippen LogP contribution in [-0.2, 0) is 16.4 Å². The van der Waals surface area contributed by atoms with Gasteiger partial charge in [0.1, 0.15) is 0 Å². The fraction of sp³-hybridized carbons (Fsp3) is 0.263. The fourth-order valence-electron chi connectivity index (χ4n) is 3.61. The van der Waals surface area contributed by atoms with Crippen molar-refractivity contribution in [3.63, 3.8) is 0 Å². The first kappa shape index (κ1) is 17.7. The van der Waals surface area contributed by atoms with E-state index in [1.807, 2.05) is 30.3 Å². The van der Waals surface area contributed by atoms with Gasteiger partial charge >= 0.3 is 11.1 Å². The second-order valence-electron chi connectivity index (χ2n) is 6.72. The lowest BCUT2D eigenvalue weighted by Gasteiger charge is -2.24. The van der Waals surface area contributed by atoms with Crippen LogP contribution in [0.5, 0.6) is 0 Å². The lowest BCUT2D eigenvalue weighted by Crippen LogP contribution is -2.36. The van der Waals surface area contributed by atoms with Gasteiger partial charge in [0, 0.05) is 12.6 Å². The minimum Gasteiger partial charge on any atom is -0.316 e. The largest absolute Gasteiger partial charge is 0.316 e. The molecule has 4 rings (SSSR count). The smallest absolute Gasteiger partial charge is 0.314 e. The van der Waals surface area contributed by atoms with Crippen LogP contribution in [0.25, 0.3) is 11.0 Å². The maximum Gasteiger partial charge on any atom is 0.314 e. The Hall–Kier alpha value is -2.71. The van der Waals surface area contributed by atoms with Gasteiger partial charge in [-0.1, -0.05) is 30.3 Å². The molecule has 7 nitrogen and oxygen atoms in total. The number of sulfonamides is 1. The molecule has 27 heavy (non-hydrogen) atoms. The van der Waals surface area contributed by atoms with Crippen LogP contribution in [0.4, 0.5) is 0 Å². The van der Waals surface area contributed by atoms with E-state index >= 15 is 0 Å². The molecule has 8 heteroatoms. The van der Waals surface area contributed by atoms with Crippen molar-refractivity contribution in [3.8, 4) is 0 Å². The SMILES string of the molecule is O=c1[nH]c2ccc(S(=O)(=O)N3CCCC3Cc3ccccc3)cc2[nH]c1=O. The molecule has 3 aromatic rings. The molecule has 1 aliphatic heterocycles. The van der Waals surface area contributed by atoms with E-state index in [1.165, 1.54) is 18.2 Å². The predicted molar refractivity (Wildman–Crippen MR) is 102 cm³/mol. The molecule has 140 valence electrons. The zero-order valence-electron chi connectivity index (χ0n) is 14.5. The van der Waals surface area contributed by atoms with E-state index in [2.05, 4.69) is 9.97 Å². The predicted octanol–water partition coefficient (Wildman–Crippen LogP) is 1.61. The van der Waals surface area contributed by atoms with Gasteiger partial charge in [-0.2, -0.15) is 4.31 Å². The Morgan fingerprint density at radius 1 is 0.963 bits per heavy atom. The highest BCUT2D eigenvalue weighted by molar-refractivity contribution is 7.89. The number of nitrogens with one attached hydrogen (secondary N) is 2. The summed E-state index contributed by atoms with van der Waals surface area (Å²) in [6, 6.07) is 14.1. The number of nitrogens with zero attached hydrogens (tertiary/aromatic N) is 1. The van der Waals surface area contributed by atoms with Crippen molar-refractivity contribution < 1.29 is 8.42 Å². The molecule has 2 aromatic carbocycles. The van der Waals surface area contributed by atoms with Gasteiger partial charge in [-0.15, -0.1) is 0 Å². The third-order valence-corrected chi connectivity index (χ3v) is 6.89. The number of rotatable bonds is 4. The summed E-state index contributed by atoms with van der Waals surface area (Å²) in [5.41, 5.74) is 0.214. The van der Waals surface area contributed by atoms with Crippen LogP contribution < -0.4 is 11.1 Å². The van der Waals surface area contributed by atoms with E-state index in [1.54, 1.807) is 4.31 Å². The maximum absolute atomic E-state index is 13.2. The third-order valence-electron chi connectivity index (χ3n) is 4.94. The van der Waals surface area contributed by atoms with Crippen LogP contribution in [0.1, 0.15) is 18.4 Å². The number of aromatic nitrogens is 2. The summed E-state index contributed by atoms with van der Waals surface area (Å²) >= 11 is 0. The molecule has 0 aliphatic carbocycles. The molecule has 1 unspecified atom stereocenters. The molecule has 2 N–H and O–H groups in total. The molecule has 0 saturated carbocycles. The molecule has 1 aliphatic rings. The highest BCUT2D eigenvalue weighted by Gasteiger charge is 2.35. The number of fused-ring (bicyclic) bond motifs is 1. The Kier molecular flexibility index (Phi) is 4.45. The molecule has 0 spiro atoms. The summed E-state index contributed by atoms with van der Waals surface area (Å²) in [5.74, 6) is 0. The van der Waals surface area contributed by atoms with Crippen molar-refractivity contribution in [3.05, 3.63) is 74.8 Å². The summed E-state index contributed by atoms with van der Waals surface area (Å²) in [5, 5.41) is 0. The van der Waals surface area contributed by atoms with Gasteiger partial charge in [-0.25, -0.2) is 8.42 Å². The Bertz CT molecular complexity index is 1200. The Balaban J connectivity index is 1.69. The third kappa shape index (κ3) is 3.33. The van der Waals surface area contributed by atoms with E-state index in [0.717, 1.165) is 18.4 Å². The van der Waals surface area contributed by atoms with E-state index in [9.17, 15) is 18.0 Å². The number of hydrogen-bond donors (Lipinski definition) is 2. The molecule has 0 amide bonds. The van der Waals surface area contributed by atoms with E-state index in [-0.39, 0.29) is 10.9 Å². The van der Waals surface area contributed by atoms with E-state index in [0.29, 0.717) is 24.0 Å². The van der Waals surface area contributed by atoms with Gasteiger partial charge in [0.05, 0.1) is 15.9 Å². The summed E-state index contributed by atoms with van der Waals surface area (Å²) in [4.78, 5) is 27.9. The van der Waals surface area contributed by atoms with Gasteiger partial charge in [0.25, 0.3) is 0 Å². The first-order chi connectivity index (χ1) is 12.9. The van der Waals surface area contributed by atoms with Gasteiger partial charge in [0.2, 0.25) is 10.0 Å². The highest BCUT2D eigenvalue weighted by atomic mass is 32.2. The normalized spacial score (nSPS) is 18.1. The number of hydrogen-bond acceptors (Lipinski definition) is 4. The zero-order valence-corrected chi connectivity index (χ0v) is 15.3. The number of H-pyrrole nitrogens is 2. The van der Waals surface area contributed by atoms with Gasteiger partial charge < -0.3 is 9.97 Å². The maximum atomic E-state index is 13.2. The van der Waals surface area contributed by atoms with Crippen molar-refractivity contribution >= 4 is 21.1 Å². The molecule has 0 radical (unpaired) electrons. The minimum absolute atomic E-state index is 0.0947. The van der Waals surface area contributed by atoms with Crippen molar-refractivity contribution in [2.75, 3.05) is 6.54 Å². The molecule has 1 fully saturated rings. The van der Waals surface area contributed by atoms with Crippen molar-refractivity contribution in [1.82, 2.24) is 14.3 Å². The van der Waals surface area contributed by atoms with Gasteiger partial charge in [0.15, 0.2) is 0 Å². The highest BCUT2D eigenvalue weighted by Crippen LogP contribution is 2.29. The summed E-state index contributed by atoms with van der Waals surface area (Å²) in [7, 11) is -3.70. The molecule has 1 saturated heterocycles. The quantitative estimate of drug-likeness (QED) is 0.666. The molecule has 1 atom stereocenters. The standard InChI is InChI=1S/C19H19N3O4S/c23-18-19(24)21-17-12-15(8-9-16(17)20-18)27(25,26)22-10-4-7-14(22)11-13-5-2-1-3-6-13/h1-3,5-6,8-9,12,14H,4,7,10-11H2,(H,20,23)(H,21,24). The van der Waals surface area contributed by atoms with Crippen LogP contribution in [0.3, 0.4) is 0 Å². The molecule has 1 aromatic heterocycles. The van der Waals surface area contributed by atoms with Crippen molar-refractivity contribution in [1.29, 1.82) is 0 Å². The number of aromatic amines is 2. The van der Waals surface area contributed by atoms with Crippen LogP contribution in [0.15, 0.2) is 63.0 Å². The molecule has 0 bridgehead atoms. The zero-order chi connectivity index (χ0) is 19.0. The topological polar surface area (TPSA) is 103 Å². The van der Waals surface area contributed by atoms with Crippen LogP contribution >= 0.6 is 0 Å². The van der Waals surface area contributed by atoms with Crippen LogP contribution in [-0.4, -0.2) is 35.3 Å². The second-order valence-corrected chi connectivity index (χ2v) is 8.61. The van der Waals surface area contributed by atoms with Crippen LogP contribution in [0, 0.1) is 0 Å². The summed E-state index contributed by atoms with van der Waals surface area (Å²) < 4.78 is 27.9. The second kappa shape index (κ2) is 6.79. The first-order valence-electron chi connectivity index (χ1n) is 8.77. The summed E-state index contributed by atoms with van der Waals surface area (Å²) in [6.07, 6.45) is 2.29. The van der Waals surface area contributed by atoms with Gasteiger partial charge in [-0.3, -0.25) is 9.59 Å². The van der Waals surface area contributed by atoms with E-state index < -0.39 is 21.1 Å². The fourth-order valence-corrected chi connectivity index (χ4v) is 5.33. The molecular weight excluding hydrogens is 366 g/mol. The summed E-state index contributed by atoms with van der Waals surface area (Å²) in [6.45, 7) is 0.472. The average molecular weight is 385 g/mol. The Labute approximate surface area is 155 Å². The average Bonchev–Trinajstić information content (AvgIpc) is 3.12. The Morgan fingerprint density at radius 2 is 1.67 bits per heavy atom. The minimum atomic E-state index is -3.70. The lowest BCUT2D eigenvalue weighted by atomic mass is 10.1. The lowest BCUT2D eigenvalue weighted by molar-refractivity contribution is 0.385. The monoisotopic (exact) mass is 385 g/mol. The van der Waals surface area contributed by atoms with E-state index in [4.69, 9.17) is 0 Å². The van der Waals surface area contributed by atoms with Crippen molar-refractivity contribution in [2.24, 2.45) is 0 Å². The Morgan fingerprint density at radius 3 is 2.41 bits per heavy atom. The van der Waals surface area contributed by atoms with Crippen LogP contribution in [0.2, 0.25) is 0 Å². The molecular formula is C19H19N3O4S. The van der Waals surface area contributed by atoms with Crippen molar-refractivity contribution in [2.45, 2.75) is 30.2 Å². The molecule has 2 heterocycles. The number of benzene rings is 2.